The van der Waals surface area contributed by atoms with Crippen molar-refractivity contribution in [3.63, 3.8) is 0 Å². The summed E-state index contributed by atoms with van der Waals surface area (Å²) >= 11 is 2.12. The molecule has 0 saturated heterocycles. The molecule has 0 bridgehead atoms. The van der Waals surface area contributed by atoms with E-state index in [0.717, 1.165) is 14.7 Å². The Morgan fingerprint density at radius 1 is 1.10 bits per heavy atom. The molecule has 0 aromatic heterocycles. The summed E-state index contributed by atoms with van der Waals surface area (Å²) in [7, 11) is 0. The van der Waals surface area contributed by atoms with Crippen molar-refractivity contribution in [2.75, 3.05) is 6.61 Å². The molecule has 0 aliphatic rings. The van der Waals surface area contributed by atoms with Gasteiger partial charge in [-0.15, -0.1) is 0 Å². The number of ketones is 1. The summed E-state index contributed by atoms with van der Waals surface area (Å²) in [6.07, 6.45) is 0. The van der Waals surface area contributed by atoms with E-state index in [1.807, 2.05) is 38.1 Å². The van der Waals surface area contributed by atoms with E-state index in [1.165, 1.54) is 0 Å². The minimum absolute atomic E-state index is 0.185. The number of rotatable bonds is 4. The van der Waals surface area contributed by atoms with Crippen LogP contribution in [0.25, 0.3) is 0 Å². The van der Waals surface area contributed by atoms with Gasteiger partial charge in [0.2, 0.25) is 5.78 Å². The highest BCUT2D eigenvalue weighted by Gasteiger charge is 2.13. The van der Waals surface area contributed by atoms with Gasteiger partial charge < -0.3 is 4.74 Å². The number of esters is 1. The van der Waals surface area contributed by atoms with Gasteiger partial charge in [-0.05, 0) is 66.3 Å². The Hall–Kier alpha value is -1.69. The third kappa shape index (κ3) is 4.14. The lowest BCUT2D eigenvalue weighted by Gasteiger charge is -2.07. The molecule has 0 aliphatic carbocycles. The molecule has 2 aromatic rings. The molecule has 0 spiro atoms. The topological polar surface area (TPSA) is 43.4 Å². The van der Waals surface area contributed by atoms with E-state index < -0.39 is 5.97 Å². The Balaban J connectivity index is 2.04. The van der Waals surface area contributed by atoms with Gasteiger partial charge in [-0.25, -0.2) is 4.79 Å². The third-order valence-electron chi connectivity index (χ3n) is 3.09. The molecule has 0 heterocycles. The van der Waals surface area contributed by atoms with E-state index in [4.69, 9.17) is 4.74 Å². The standard InChI is InChI=1S/C17H15IO3/c1-11-6-7-12(2)15(8-11)16(19)10-21-17(20)13-4-3-5-14(18)9-13/h3-9H,10H2,1-2H3. The lowest BCUT2D eigenvalue weighted by molar-refractivity contribution is 0.0474. The maximum absolute atomic E-state index is 12.1. The van der Waals surface area contributed by atoms with Crippen LogP contribution < -0.4 is 0 Å². The minimum Gasteiger partial charge on any atom is -0.454 e. The largest absolute Gasteiger partial charge is 0.454 e. The van der Waals surface area contributed by atoms with E-state index in [2.05, 4.69) is 22.6 Å². The highest BCUT2D eigenvalue weighted by Crippen LogP contribution is 2.13. The second-order valence-corrected chi connectivity index (χ2v) is 6.07. The molecule has 0 aliphatic heterocycles. The van der Waals surface area contributed by atoms with Gasteiger partial charge in [-0.3, -0.25) is 4.79 Å². The van der Waals surface area contributed by atoms with Crippen LogP contribution in [0.1, 0.15) is 31.8 Å². The Bertz CT molecular complexity index is 692. The van der Waals surface area contributed by atoms with Crippen molar-refractivity contribution in [2.24, 2.45) is 0 Å². The summed E-state index contributed by atoms with van der Waals surface area (Å²) in [4.78, 5) is 24.0. The second kappa shape index (κ2) is 6.85. The number of carbonyl (C=O) groups is 2. The molecule has 2 aromatic carbocycles. The summed E-state index contributed by atoms with van der Waals surface area (Å²) in [5, 5.41) is 0. The van der Waals surface area contributed by atoms with Gasteiger partial charge >= 0.3 is 5.97 Å². The smallest absolute Gasteiger partial charge is 0.338 e. The van der Waals surface area contributed by atoms with Crippen LogP contribution in [0.5, 0.6) is 0 Å². The van der Waals surface area contributed by atoms with Gasteiger partial charge in [0.05, 0.1) is 5.56 Å². The van der Waals surface area contributed by atoms with Crippen molar-refractivity contribution in [1.82, 2.24) is 0 Å². The zero-order chi connectivity index (χ0) is 15.4. The van der Waals surface area contributed by atoms with E-state index in [1.54, 1.807) is 18.2 Å². The molecular formula is C17H15IO3. The lowest BCUT2D eigenvalue weighted by Crippen LogP contribution is -2.15. The molecular weight excluding hydrogens is 379 g/mol. The molecule has 3 nitrogen and oxygen atoms in total. The van der Waals surface area contributed by atoms with Gasteiger partial charge in [0.1, 0.15) is 0 Å². The predicted molar refractivity (Wildman–Crippen MR) is 89.7 cm³/mol. The number of aryl methyl sites for hydroxylation is 2. The van der Waals surface area contributed by atoms with E-state index in [9.17, 15) is 9.59 Å². The van der Waals surface area contributed by atoms with Crippen molar-refractivity contribution in [3.8, 4) is 0 Å². The Labute approximate surface area is 137 Å². The number of Topliss-reactive ketones (excluding diaryl/α,β-unsaturated/α-hetero) is 1. The fraction of sp³-hybridized carbons (Fsp3) is 0.176. The SMILES string of the molecule is Cc1ccc(C)c(C(=O)COC(=O)c2cccc(I)c2)c1. The molecule has 21 heavy (non-hydrogen) atoms. The summed E-state index contributed by atoms with van der Waals surface area (Å²) in [6.45, 7) is 3.55. The first-order chi connectivity index (χ1) is 9.97. The fourth-order valence-corrected chi connectivity index (χ4v) is 2.49. The number of ether oxygens (including phenoxy) is 1. The molecule has 0 amide bonds. The maximum Gasteiger partial charge on any atom is 0.338 e. The molecule has 0 atom stereocenters. The molecule has 0 radical (unpaired) electrons. The average Bonchev–Trinajstić information content (AvgIpc) is 2.47. The molecule has 0 unspecified atom stereocenters. The Morgan fingerprint density at radius 3 is 2.57 bits per heavy atom. The minimum atomic E-state index is -0.479. The molecule has 0 N–H and O–H groups in total. The van der Waals surface area contributed by atoms with Gasteiger partial charge in [0.25, 0.3) is 0 Å². The van der Waals surface area contributed by atoms with Crippen LogP contribution in [0.2, 0.25) is 0 Å². The van der Waals surface area contributed by atoms with Crippen LogP contribution in [0, 0.1) is 17.4 Å². The van der Waals surface area contributed by atoms with Crippen LogP contribution in [0.4, 0.5) is 0 Å². The summed E-state index contributed by atoms with van der Waals surface area (Å²) in [6, 6.07) is 12.7. The summed E-state index contributed by atoms with van der Waals surface area (Å²) < 4.78 is 6.05. The first-order valence-electron chi connectivity index (χ1n) is 6.50. The highest BCUT2D eigenvalue weighted by atomic mass is 127. The molecule has 2 rings (SSSR count). The second-order valence-electron chi connectivity index (χ2n) is 4.83. The zero-order valence-corrected chi connectivity index (χ0v) is 14.0. The number of halogens is 1. The van der Waals surface area contributed by atoms with Crippen LogP contribution in [0.15, 0.2) is 42.5 Å². The van der Waals surface area contributed by atoms with E-state index in [-0.39, 0.29) is 12.4 Å². The number of carbonyl (C=O) groups excluding carboxylic acids is 2. The zero-order valence-electron chi connectivity index (χ0n) is 11.9. The van der Waals surface area contributed by atoms with Gasteiger partial charge in [0.15, 0.2) is 6.61 Å². The highest BCUT2D eigenvalue weighted by molar-refractivity contribution is 14.1. The third-order valence-corrected chi connectivity index (χ3v) is 3.76. The lowest BCUT2D eigenvalue weighted by atomic mass is 10.0. The first-order valence-corrected chi connectivity index (χ1v) is 7.58. The van der Waals surface area contributed by atoms with Gasteiger partial charge in [0, 0.05) is 9.13 Å². The van der Waals surface area contributed by atoms with Crippen molar-refractivity contribution in [3.05, 3.63) is 68.3 Å². The monoisotopic (exact) mass is 394 g/mol. The summed E-state index contributed by atoms with van der Waals surface area (Å²) in [5.74, 6) is -0.664. The van der Waals surface area contributed by atoms with Crippen molar-refractivity contribution in [2.45, 2.75) is 13.8 Å². The quantitative estimate of drug-likeness (QED) is 0.448. The molecule has 0 saturated carbocycles. The maximum atomic E-state index is 12.1. The van der Waals surface area contributed by atoms with Crippen LogP contribution in [0.3, 0.4) is 0 Å². The molecule has 108 valence electrons. The van der Waals surface area contributed by atoms with E-state index >= 15 is 0 Å². The van der Waals surface area contributed by atoms with Crippen LogP contribution in [-0.4, -0.2) is 18.4 Å². The van der Waals surface area contributed by atoms with Gasteiger partial charge in [-0.1, -0.05) is 23.8 Å². The molecule has 0 fully saturated rings. The molecule has 4 heteroatoms. The van der Waals surface area contributed by atoms with Crippen molar-refractivity contribution < 1.29 is 14.3 Å². The average molecular weight is 394 g/mol. The Kier molecular flexibility index (Phi) is 5.12. The predicted octanol–water partition coefficient (Wildman–Crippen LogP) is 3.95. The van der Waals surface area contributed by atoms with Crippen molar-refractivity contribution >= 4 is 34.3 Å². The van der Waals surface area contributed by atoms with Crippen LogP contribution in [-0.2, 0) is 4.74 Å². The van der Waals surface area contributed by atoms with Crippen molar-refractivity contribution in [1.29, 1.82) is 0 Å². The number of benzene rings is 2. The van der Waals surface area contributed by atoms with Crippen LogP contribution >= 0.6 is 22.6 Å². The number of hydrogen-bond acceptors (Lipinski definition) is 3. The fourth-order valence-electron chi connectivity index (χ4n) is 1.94. The van der Waals surface area contributed by atoms with Gasteiger partial charge in [-0.2, -0.15) is 0 Å². The number of hydrogen-bond donors (Lipinski definition) is 0. The first kappa shape index (κ1) is 15.7. The normalized spacial score (nSPS) is 10.2. The Morgan fingerprint density at radius 2 is 1.86 bits per heavy atom. The summed E-state index contributed by atoms with van der Waals surface area (Å²) in [5.41, 5.74) is 2.95. The van der Waals surface area contributed by atoms with E-state index in [0.29, 0.717) is 11.1 Å².